The first kappa shape index (κ1) is 31.1. The Balaban J connectivity index is 0.000000487. The molecule has 0 bridgehead atoms. The van der Waals surface area contributed by atoms with Crippen LogP contribution in [0.5, 0.6) is 0 Å². The molecule has 2 fully saturated rings. The minimum atomic E-state index is -1.29. The van der Waals surface area contributed by atoms with Crippen molar-refractivity contribution in [2.45, 2.75) is 64.7 Å². The van der Waals surface area contributed by atoms with Crippen molar-refractivity contribution < 1.29 is 36.1 Å². The van der Waals surface area contributed by atoms with Crippen molar-refractivity contribution in [1.82, 2.24) is 9.13 Å². The summed E-state index contributed by atoms with van der Waals surface area (Å²) >= 11 is 0. The van der Waals surface area contributed by atoms with Crippen molar-refractivity contribution in [3.8, 4) is 0 Å². The minimum absolute atomic E-state index is 0. The van der Waals surface area contributed by atoms with E-state index in [9.17, 15) is 0 Å². The van der Waals surface area contributed by atoms with Gasteiger partial charge in [-0.2, -0.15) is 26.4 Å². The topological polar surface area (TPSA) is 52.6 Å². The van der Waals surface area contributed by atoms with Crippen LogP contribution in [0.1, 0.15) is 38.5 Å². The molecule has 0 atom stereocenters. The molecule has 2 heterocycles. The first-order valence-corrected chi connectivity index (χ1v) is 17.2. The SMILES string of the molecule is C[O-].C[O-].C[Si](C)(C1=[C-]CC=C1)N1CCCC1.C[Si](C)(C1=[C-]CC=C1)N1CCCC1.[Hf+4]. The van der Waals surface area contributed by atoms with E-state index in [-0.39, 0.29) is 25.8 Å². The van der Waals surface area contributed by atoms with Gasteiger partial charge in [-0.3, -0.25) is 12.2 Å². The van der Waals surface area contributed by atoms with Gasteiger partial charge < -0.3 is 19.3 Å². The van der Waals surface area contributed by atoms with E-state index in [1.807, 2.05) is 0 Å². The van der Waals surface area contributed by atoms with E-state index in [4.69, 9.17) is 10.2 Å². The van der Waals surface area contributed by atoms with Gasteiger partial charge in [-0.1, -0.05) is 26.2 Å². The van der Waals surface area contributed by atoms with Gasteiger partial charge in [0.15, 0.2) is 0 Å². The van der Waals surface area contributed by atoms with Crippen LogP contribution in [0.25, 0.3) is 0 Å². The van der Waals surface area contributed by atoms with Crippen LogP contribution in [-0.4, -0.2) is 66.0 Å². The van der Waals surface area contributed by atoms with Crippen molar-refractivity contribution in [2.75, 3.05) is 40.4 Å². The van der Waals surface area contributed by atoms with Gasteiger partial charge in [-0.25, -0.2) is 22.5 Å². The molecular formula is C24H42HfN2O2Si2. The second kappa shape index (κ2) is 15.9. The molecule has 31 heavy (non-hydrogen) atoms. The van der Waals surface area contributed by atoms with Gasteiger partial charge in [0.2, 0.25) is 0 Å². The molecule has 0 aromatic heterocycles. The third kappa shape index (κ3) is 8.76. The van der Waals surface area contributed by atoms with Gasteiger partial charge in [0, 0.05) is 0 Å². The number of hydrogen-bond donors (Lipinski definition) is 0. The molecule has 4 rings (SSSR count). The molecule has 2 saturated heterocycles. The normalized spacial score (nSPS) is 20.5. The monoisotopic (exact) mass is 626 g/mol. The summed E-state index contributed by atoms with van der Waals surface area (Å²) in [5.41, 5.74) is 0. The van der Waals surface area contributed by atoms with Gasteiger partial charge in [-0.15, -0.1) is 12.8 Å². The average Bonchev–Trinajstić information content (AvgIpc) is 3.60. The molecular weight excluding hydrogens is 583 g/mol. The zero-order valence-electron chi connectivity index (χ0n) is 20.6. The summed E-state index contributed by atoms with van der Waals surface area (Å²) in [6, 6.07) is 0. The molecule has 4 aliphatic rings. The van der Waals surface area contributed by atoms with Crippen molar-refractivity contribution in [3.63, 3.8) is 0 Å². The summed E-state index contributed by atoms with van der Waals surface area (Å²) < 4.78 is 5.43. The molecule has 0 spiro atoms. The number of allylic oxidation sites excluding steroid dienone is 8. The van der Waals surface area contributed by atoms with Crippen LogP contribution < -0.4 is 10.2 Å². The predicted octanol–water partition coefficient (Wildman–Crippen LogP) is 2.98. The zero-order valence-corrected chi connectivity index (χ0v) is 26.2. The van der Waals surface area contributed by atoms with E-state index in [0.717, 1.165) is 27.1 Å². The fraction of sp³-hybridized carbons (Fsp3) is 0.667. The Morgan fingerprint density at radius 2 is 0.935 bits per heavy atom. The Labute approximate surface area is 212 Å². The predicted molar refractivity (Wildman–Crippen MR) is 129 cm³/mol. The van der Waals surface area contributed by atoms with Crippen molar-refractivity contribution in [3.05, 3.63) is 46.8 Å². The molecule has 2 aliphatic carbocycles. The second-order valence-electron chi connectivity index (χ2n) is 8.90. The molecule has 0 unspecified atom stereocenters. The Hall–Kier alpha value is 0.104. The second-order valence-corrected chi connectivity index (χ2v) is 17.5. The van der Waals surface area contributed by atoms with Crippen LogP contribution in [0.3, 0.4) is 0 Å². The molecule has 4 nitrogen and oxygen atoms in total. The molecule has 0 aromatic rings. The number of nitrogens with zero attached hydrogens (tertiary/aromatic N) is 2. The third-order valence-corrected chi connectivity index (χ3v) is 13.9. The van der Waals surface area contributed by atoms with E-state index in [2.05, 4.69) is 71.8 Å². The number of hydrogen-bond acceptors (Lipinski definition) is 4. The molecule has 0 N–H and O–H groups in total. The quantitative estimate of drug-likeness (QED) is 0.357. The van der Waals surface area contributed by atoms with Crippen molar-refractivity contribution in [2.24, 2.45) is 0 Å². The first-order chi connectivity index (χ1) is 14.4. The average molecular weight is 625 g/mol. The fourth-order valence-corrected chi connectivity index (χ4v) is 10.2. The maximum Gasteiger partial charge on any atom is 4.00 e. The van der Waals surface area contributed by atoms with Crippen LogP contribution in [-0.2, 0) is 25.8 Å². The maximum atomic E-state index is 8.25. The van der Waals surface area contributed by atoms with Crippen LogP contribution in [0.15, 0.2) is 34.7 Å². The third-order valence-electron chi connectivity index (χ3n) is 6.50. The zero-order chi connectivity index (χ0) is 22.6. The molecule has 172 valence electrons. The van der Waals surface area contributed by atoms with E-state index in [1.54, 1.807) is 0 Å². The summed E-state index contributed by atoms with van der Waals surface area (Å²) in [4.78, 5) is 0. The van der Waals surface area contributed by atoms with E-state index in [0.29, 0.717) is 0 Å². The summed E-state index contributed by atoms with van der Waals surface area (Å²) in [7, 11) is -1.07. The van der Waals surface area contributed by atoms with Crippen LogP contribution in [0.4, 0.5) is 0 Å². The molecule has 0 amide bonds. The Bertz CT molecular complexity index is 565. The fourth-order valence-electron chi connectivity index (χ4n) is 4.54. The first-order valence-electron chi connectivity index (χ1n) is 11.3. The van der Waals surface area contributed by atoms with Crippen LogP contribution in [0, 0.1) is 12.2 Å². The van der Waals surface area contributed by atoms with Gasteiger partial charge in [0.05, 0.1) is 0 Å². The minimum Gasteiger partial charge on any atom is -0.857 e. The smallest absolute Gasteiger partial charge is 0.857 e. The van der Waals surface area contributed by atoms with Gasteiger partial charge in [0.1, 0.15) is 16.5 Å². The number of rotatable bonds is 4. The molecule has 0 radical (unpaired) electrons. The molecule has 0 aromatic carbocycles. The summed E-state index contributed by atoms with van der Waals surface area (Å²) in [5, 5.41) is 19.5. The Kier molecular flexibility index (Phi) is 15.9. The van der Waals surface area contributed by atoms with Crippen molar-refractivity contribution >= 4 is 16.5 Å². The summed E-state index contributed by atoms with van der Waals surface area (Å²) in [6.45, 7) is 15.1. The van der Waals surface area contributed by atoms with Gasteiger partial charge >= 0.3 is 25.8 Å². The molecule has 0 saturated carbocycles. The standard InChI is InChI=1S/2C11H18NSi.2CH3O.Hf/c2*1-13(2,11-7-3-4-8-11)12-9-5-6-10-12;2*1-2;/h2*3,7H,4-6,9-10H2,1-2H3;2*1H3;/q4*-1;+4. The largest absolute Gasteiger partial charge is 4.00 e. The van der Waals surface area contributed by atoms with Gasteiger partial charge in [-0.05, 0) is 51.9 Å². The maximum absolute atomic E-state index is 8.25. The molecule has 2 aliphatic heterocycles. The van der Waals surface area contributed by atoms with Crippen molar-refractivity contribution in [1.29, 1.82) is 0 Å². The van der Waals surface area contributed by atoms with E-state index >= 15 is 0 Å². The van der Waals surface area contributed by atoms with Crippen LogP contribution >= 0.6 is 0 Å². The Morgan fingerprint density at radius 3 is 1.16 bits per heavy atom. The Morgan fingerprint density at radius 1 is 0.645 bits per heavy atom. The van der Waals surface area contributed by atoms with E-state index in [1.165, 1.54) is 62.3 Å². The molecule has 7 heteroatoms. The van der Waals surface area contributed by atoms with Gasteiger partial charge in [0.25, 0.3) is 0 Å². The van der Waals surface area contributed by atoms with E-state index < -0.39 is 16.5 Å². The van der Waals surface area contributed by atoms with Crippen LogP contribution in [0.2, 0.25) is 26.2 Å². The summed E-state index contributed by atoms with van der Waals surface area (Å²) in [6.07, 6.45) is 23.7. The summed E-state index contributed by atoms with van der Waals surface area (Å²) in [5.74, 6) is 0.